The molecule has 0 bridgehead atoms. The van der Waals surface area contributed by atoms with E-state index >= 15 is 0 Å². The second-order valence-electron chi connectivity index (χ2n) is 5.35. The third-order valence-corrected chi connectivity index (χ3v) is 3.92. The summed E-state index contributed by atoms with van der Waals surface area (Å²) in [5.74, 6) is -0.172. The van der Waals surface area contributed by atoms with Crippen molar-refractivity contribution in [2.45, 2.75) is 12.8 Å². The Balaban J connectivity index is 1.97. The van der Waals surface area contributed by atoms with Crippen molar-refractivity contribution in [2.75, 3.05) is 45.2 Å². The molecule has 0 aromatic heterocycles. The summed E-state index contributed by atoms with van der Waals surface area (Å²) < 4.78 is 5.24. The van der Waals surface area contributed by atoms with E-state index in [1.807, 2.05) is 7.05 Å². The maximum atomic E-state index is 12.4. The van der Waals surface area contributed by atoms with Crippen LogP contribution in [-0.4, -0.2) is 56.6 Å². The molecule has 1 saturated heterocycles. The maximum Gasteiger partial charge on any atom is 0.255 e. The van der Waals surface area contributed by atoms with Crippen molar-refractivity contribution in [3.8, 4) is 0 Å². The van der Waals surface area contributed by atoms with E-state index in [0.717, 1.165) is 13.0 Å². The summed E-state index contributed by atoms with van der Waals surface area (Å²) in [5.41, 5.74) is 1.05. The molecule has 2 N–H and O–H groups in total. The second kappa shape index (κ2) is 8.86. The van der Waals surface area contributed by atoms with Gasteiger partial charge in [-0.3, -0.25) is 9.59 Å². The molecule has 126 valence electrons. The molecule has 1 aliphatic heterocycles. The molecule has 1 heterocycles. The molecule has 23 heavy (non-hydrogen) atoms. The summed E-state index contributed by atoms with van der Waals surface area (Å²) in [5, 5.41) is 6.13. The van der Waals surface area contributed by atoms with E-state index < -0.39 is 0 Å². The number of morpholine rings is 1. The molecule has 0 atom stereocenters. The number of carbonyl (C=O) groups is 2. The number of nitrogens with one attached hydrogen (secondary N) is 2. The van der Waals surface area contributed by atoms with Crippen molar-refractivity contribution in [1.82, 2.24) is 10.2 Å². The smallest absolute Gasteiger partial charge is 0.255 e. The molecule has 6 nitrogen and oxygen atoms in total. The van der Waals surface area contributed by atoms with Crippen LogP contribution in [0.15, 0.2) is 18.2 Å². The van der Waals surface area contributed by atoms with Crippen LogP contribution in [0.1, 0.15) is 23.2 Å². The van der Waals surface area contributed by atoms with Gasteiger partial charge in [0.05, 0.1) is 23.8 Å². The molecule has 0 aliphatic carbocycles. The number of ether oxygens (including phenoxy) is 1. The zero-order chi connectivity index (χ0) is 16.7. The number of halogens is 1. The van der Waals surface area contributed by atoms with Gasteiger partial charge < -0.3 is 20.3 Å². The molecule has 1 fully saturated rings. The molecule has 1 aromatic carbocycles. The predicted octanol–water partition coefficient (Wildman–Crippen LogP) is 1.75. The largest absolute Gasteiger partial charge is 0.378 e. The van der Waals surface area contributed by atoms with Crippen LogP contribution in [0.2, 0.25) is 5.02 Å². The summed E-state index contributed by atoms with van der Waals surface area (Å²) in [6.07, 6.45) is 1.20. The number of rotatable bonds is 6. The Hall–Kier alpha value is -1.63. The molecule has 0 saturated carbocycles. The Morgan fingerprint density at radius 3 is 2.70 bits per heavy atom. The minimum Gasteiger partial charge on any atom is -0.378 e. The lowest BCUT2D eigenvalue weighted by Gasteiger charge is -2.27. The second-order valence-corrected chi connectivity index (χ2v) is 5.76. The van der Waals surface area contributed by atoms with Crippen molar-refractivity contribution >= 4 is 29.1 Å². The molecular formula is C16H22ClN3O3. The summed E-state index contributed by atoms with van der Waals surface area (Å²) in [4.78, 5) is 25.9. The Morgan fingerprint density at radius 2 is 2.04 bits per heavy atom. The number of hydrogen-bond acceptors (Lipinski definition) is 4. The van der Waals surface area contributed by atoms with Crippen LogP contribution >= 0.6 is 11.6 Å². The minimum atomic E-state index is -0.106. The van der Waals surface area contributed by atoms with Gasteiger partial charge in [0.2, 0.25) is 5.91 Å². The first-order chi connectivity index (χ1) is 11.1. The van der Waals surface area contributed by atoms with Gasteiger partial charge in [0.1, 0.15) is 0 Å². The number of hydrogen-bond donors (Lipinski definition) is 2. The Morgan fingerprint density at radius 1 is 1.30 bits per heavy atom. The third kappa shape index (κ3) is 5.20. The summed E-state index contributed by atoms with van der Waals surface area (Å²) in [7, 11) is 1.85. The topological polar surface area (TPSA) is 70.7 Å². The molecule has 0 spiro atoms. The number of anilines is 1. The van der Waals surface area contributed by atoms with Crippen LogP contribution in [0.3, 0.4) is 0 Å². The lowest BCUT2D eigenvalue weighted by molar-refractivity contribution is -0.116. The highest BCUT2D eigenvalue weighted by atomic mass is 35.5. The van der Waals surface area contributed by atoms with Crippen molar-refractivity contribution < 1.29 is 14.3 Å². The highest BCUT2D eigenvalue weighted by Crippen LogP contribution is 2.23. The van der Waals surface area contributed by atoms with E-state index in [9.17, 15) is 9.59 Å². The lowest BCUT2D eigenvalue weighted by atomic mass is 10.1. The van der Waals surface area contributed by atoms with Gasteiger partial charge in [-0.2, -0.15) is 0 Å². The fourth-order valence-electron chi connectivity index (χ4n) is 2.35. The van der Waals surface area contributed by atoms with E-state index in [4.69, 9.17) is 16.3 Å². The van der Waals surface area contributed by atoms with Crippen LogP contribution in [0.4, 0.5) is 5.69 Å². The first kappa shape index (κ1) is 17.7. The van der Waals surface area contributed by atoms with Gasteiger partial charge in [-0.15, -0.1) is 0 Å². The van der Waals surface area contributed by atoms with E-state index in [-0.39, 0.29) is 11.8 Å². The Labute approximate surface area is 141 Å². The van der Waals surface area contributed by atoms with Crippen LogP contribution in [0.25, 0.3) is 0 Å². The van der Waals surface area contributed by atoms with Crippen molar-refractivity contribution in [1.29, 1.82) is 0 Å². The number of carbonyl (C=O) groups excluding carboxylic acids is 2. The quantitative estimate of drug-likeness (QED) is 0.775. The molecule has 1 aromatic rings. The van der Waals surface area contributed by atoms with Gasteiger partial charge in [-0.25, -0.2) is 0 Å². The summed E-state index contributed by atoms with van der Waals surface area (Å²) in [6.45, 7) is 3.02. The van der Waals surface area contributed by atoms with Gasteiger partial charge >= 0.3 is 0 Å². The SMILES string of the molecule is CNCCCC(=O)Nc1ccc(C(=O)N2CCOCC2)c(Cl)c1. The fourth-order valence-corrected chi connectivity index (χ4v) is 2.61. The third-order valence-electron chi connectivity index (χ3n) is 3.61. The van der Waals surface area contributed by atoms with E-state index in [0.29, 0.717) is 49.0 Å². The van der Waals surface area contributed by atoms with E-state index in [2.05, 4.69) is 10.6 Å². The van der Waals surface area contributed by atoms with E-state index in [1.165, 1.54) is 0 Å². The molecule has 2 amide bonds. The Kier molecular flexibility index (Phi) is 6.83. The summed E-state index contributed by atoms with van der Waals surface area (Å²) >= 11 is 6.21. The standard InChI is InChI=1S/C16H22ClN3O3/c1-18-6-2-3-15(21)19-12-4-5-13(14(17)11-12)16(22)20-7-9-23-10-8-20/h4-5,11,18H,2-3,6-10H2,1H3,(H,19,21). The van der Waals surface area contributed by atoms with Gasteiger partial charge in [0.25, 0.3) is 5.91 Å². The monoisotopic (exact) mass is 339 g/mol. The van der Waals surface area contributed by atoms with Crippen LogP contribution in [0, 0.1) is 0 Å². The van der Waals surface area contributed by atoms with Gasteiger partial charge in [0, 0.05) is 25.2 Å². The molecule has 0 radical (unpaired) electrons. The average molecular weight is 340 g/mol. The molecular weight excluding hydrogens is 318 g/mol. The molecule has 2 rings (SSSR count). The summed E-state index contributed by atoms with van der Waals surface area (Å²) in [6, 6.07) is 4.98. The van der Waals surface area contributed by atoms with Gasteiger partial charge in [-0.05, 0) is 38.2 Å². The zero-order valence-corrected chi connectivity index (χ0v) is 14.0. The average Bonchev–Trinajstić information content (AvgIpc) is 2.55. The maximum absolute atomic E-state index is 12.4. The highest BCUT2D eigenvalue weighted by Gasteiger charge is 2.20. The van der Waals surface area contributed by atoms with Crippen LogP contribution < -0.4 is 10.6 Å². The van der Waals surface area contributed by atoms with Crippen molar-refractivity contribution in [2.24, 2.45) is 0 Å². The van der Waals surface area contributed by atoms with Gasteiger partial charge in [0.15, 0.2) is 0 Å². The first-order valence-electron chi connectivity index (χ1n) is 7.73. The fraction of sp³-hybridized carbons (Fsp3) is 0.500. The number of benzene rings is 1. The lowest BCUT2D eigenvalue weighted by Crippen LogP contribution is -2.40. The molecule has 1 aliphatic rings. The number of nitrogens with zero attached hydrogens (tertiary/aromatic N) is 1. The van der Waals surface area contributed by atoms with Crippen LogP contribution in [-0.2, 0) is 9.53 Å². The van der Waals surface area contributed by atoms with E-state index in [1.54, 1.807) is 23.1 Å². The predicted molar refractivity (Wildman–Crippen MR) is 90.0 cm³/mol. The molecule has 0 unspecified atom stereocenters. The Bertz CT molecular complexity index is 560. The van der Waals surface area contributed by atoms with Crippen molar-refractivity contribution in [3.05, 3.63) is 28.8 Å². The van der Waals surface area contributed by atoms with Gasteiger partial charge in [-0.1, -0.05) is 11.6 Å². The molecule has 7 heteroatoms. The minimum absolute atomic E-state index is 0.0661. The normalized spacial score (nSPS) is 14.6. The number of amides is 2. The highest BCUT2D eigenvalue weighted by molar-refractivity contribution is 6.34. The van der Waals surface area contributed by atoms with Crippen molar-refractivity contribution in [3.63, 3.8) is 0 Å². The van der Waals surface area contributed by atoms with Crippen LogP contribution in [0.5, 0.6) is 0 Å². The first-order valence-corrected chi connectivity index (χ1v) is 8.10. The zero-order valence-electron chi connectivity index (χ0n) is 13.2.